The Morgan fingerprint density at radius 1 is 0.769 bits per heavy atom. The van der Waals surface area contributed by atoms with Gasteiger partial charge in [0.25, 0.3) is 5.69 Å². The highest BCUT2D eigenvalue weighted by molar-refractivity contribution is 6.10. The number of Topliss-reactive ketones (excluding diaryl/α,β-unsaturated/α-hetero) is 1. The standard InChI is InChI=1S/C32H25N3O4/c36-29-19-24(20-8-3-1-4-9-20)18-28-30(29)31(22-12-7-13-25(16-22)35(38)39)34-26-15-14-23(17-27(26)33-28)32(37)21-10-5-2-6-11-21/h1-17,24,31,33-34H,18-19H2. The molecule has 2 unspecified atom stereocenters. The van der Waals surface area contributed by atoms with E-state index < -0.39 is 11.0 Å². The molecule has 1 heterocycles. The normalized spacial score (nSPS) is 18.2. The fourth-order valence-electron chi connectivity index (χ4n) is 5.47. The highest BCUT2D eigenvalue weighted by Crippen LogP contribution is 2.44. The molecule has 2 atom stereocenters. The molecule has 0 amide bonds. The molecule has 0 bridgehead atoms. The maximum atomic E-state index is 13.8. The third-order valence-corrected chi connectivity index (χ3v) is 7.38. The third-order valence-electron chi connectivity index (χ3n) is 7.38. The number of nitro benzene ring substituents is 1. The molecular formula is C32H25N3O4. The number of nitrogens with zero attached hydrogens (tertiary/aromatic N) is 1. The summed E-state index contributed by atoms with van der Waals surface area (Å²) in [5.41, 5.74) is 5.48. The van der Waals surface area contributed by atoms with Gasteiger partial charge in [-0.1, -0.05) is 72.8 Å². The average Bonchev–Trinajstić information content (AvgIpc) is 3.14. The lowest BCUT2D eigenvalue weighted by Gasteiger charge is -2.29. The topological polar surface area (TPSA) is 101 Å². The van der Waals surface area contributed by atoms with Crippen LogP contribution in [-0.4, -0.2) is 16.5 Å². The van der Waals surface area contributed by atoms with Crippen LogP contribution in [0.2, 0.25) is 0 Å². The second-order valence-corrected chi connectivity index (χ2v) is 9.84. The van der Waals surface area contributed by atoms with E-state index in [1.54, 1.807) is 36.4 Å². The van der Waals surface area contributed by atoms with Crippen LogP contribution in [-0.2, 0) is 4.79 Å². The van der Waals surface area contributed by atoms with E-state index in [4.69, 9.17) is 0 Å². The number of non-ortho nitro benzene ring substituents is 1. The molecule has 0 saturated carbocycles. The van der Waals surface area contributed by atoms with Crippen LogP contribution >= 0.6 is 0 Å². The summed E-state index contributed by atoms with van der Waals surface area (Å²) >= 11 is 0. The molecule has 6 rings (SSSR count). The van der Waals surface area contributed by atoms with Crippen molar-refractivity contribution in [3.63, 3.8) is 0 Å². The van der Waals surface area contributed by atoms with Gasteiger partial charge < -0.3 is 10.6 Å². The number of rotatable bonds is 5. The second-order valence-electron chi connectivity index (χ2n) is 9.84. The van der Waals surface area contributed by atoms with Crippen molar-refractivity contribution >= 4 is 28.6 Å². The first-order valence-corrected chi connectivity index (χ1v) is 12.8. The number of nitrogens with one attached hydrogen (secondary N) is 2. The van der Waals surface area contributed by atoms with Crippen molar-refractivity contribution in [3.05, 3.63) is 147 Å². The lowest BCUT2D eigenvalue weighted by atomic mass is 9.78. The van der Waals surface area contributed by atoms with E-state index in [1.807, 2.05) is 54.6 Å². The van der Waals surface area contributed by atoms with E-state index in [1.165, 1.54) is 12.1 Å². The summed E-state index contributed by atoms with van der Waals surface area (Å²) in [4.78, 5) is 38.0. The smallest absolute Gasteiger partial charge is 0.269 e. The van der Waals surface area contributed by atoms with Gasteiger partial charge in [0.1, 0.15) is 0 Å². The van der Waals surface area contributed by atoms with Crippen LogP contribution in [0, 0.1) is 10.1 Å². The minimum atomic E-state index is -0.589. The molecule has 2 N–H and O–H groups in total. The van der Waals surface area contributed by atoms with Gasteiger partial charge >= 0.3 is 0 Å². The van der Waals surface area contributed by atoms with Crippen molar-refractivity contribution in [2.75, 3.05) is 10.6 Å². The van der Waals surface area contributed by atoms with Gasteiger partial charge in [-0.15, -0.1) is 0 Å². The van der Waals surface area contributed by atoms with Gasteiger partial charge in [-0.2, -0.15) is 0 Å². The molecule has 0 saturated heterocycles. The number of hydrogen-bond acceptors (Lipinski definition) is 6. The van der Waals surface area contributed by atoms with Gasteiger partial charge in [-0.3, -0.25) is 19.7 Å². The molecule has 39 heavy (non-hydrogen) atoms. The Balaban J connectivity index is 1.45. The van der Waals surface area contributed by atoms with Gasteiger partial charge in [0.05, 0.1) is 22.3 Å². The number of ketones is 2. The second kappa shape index (κ2) is 10.0. The number of benzene rings is 4. The fourth-order valence-corrected chi connectivity index (χ4v) is 5.47. The Morgan fingerprint density at radius 3 is 2.23 bits per heavy atom. The Hall–Kier alpha value is -5.04. The first-order valence-electron chi connectivity index (χ1n) is 12.8. The molecule has 0 radical (unpaired) electrons. The zero-order chi connectivity index (χ0) is 26.9. The number of anilines is 2. The van der Waals surface area contributed by atoms with Crippen LogP contribution in [0.25, 0.3) is 0 Å². The fraction of sp³-hybridized carbons (Fsp3) is 0.125. The summed E-state index contributed by atoms with van der Waals surface area (Å²) in [6.45, 7) is 0. The van der Waals surface area contributed by atoms with E-state index in [-0.39, 0.29) is 23.2 Å². The van der Waals surface area contributed by atoms with E-state index in [2.05, 4.69) is 10.6 Å². The molecule has 0 aromatic heterocycles. The van der Waals surface area contributed by atoms with E-state index in [9.17, 15) is 19.7 Å². The van der Waals surface area contributed by atoms with Crippen molar-refractivity contribution in [3.8, 4) is 0 Å². The zero-order valence-corrected chi connectivity index (χ0v) is 21.0. The summed E-state index contributed by atoms with van der Waals surface area (Å²) in [6.07, 6.45) is 0.931. The molecule has 1 aliphatic carbocycles. The van der Waals surface area contributed by atoms with Gasteiger partial charge in [0, 0.05) is 41.0 Å². The average molecular weight is 516 g/mol. The molecule has 0 spiro atoms. The van der Waals surface area contributed by atoms with Crippen LogP contribution in [0.3, 0.4) is 0 Å². The number of nitro groups is 1. The summed E-state index contributed by atoms with van der Waals surface area (Å²) in [5, 5.41) is 18.5. The van der Waals surface area contributed by atoms with Gasteiger partial charge in [0.2, 0.25) is 0 Å². The largest absolute Gasteiger partial charge is 0.372 e. The predicted molar refractivity (Wildman–Crippen MR) is 150 cm³/mol. The molecule has 0 fully saturated rings. The quantitative estimate of drug-likeness (QED) is 0.172. The summed E-state index contributed by atoms with van der Waals surface area (Å²) in [6, 6.07) is 30.2. The first kappa shape index (κ1) is 24.3. The highest BCUT2D eigenvalue weighted by Gasteiger charge is 2.36. The SMILES string of the molecule is O=C1CC(c2ccccc2)CC2=C1C(c1cccc([N+](=O)[O-])c1)Nc1ccc(C(=O)c3ccccc3)cc1N2. The van der Waals surface area contributed by atoms with Crippen molar-refractivity contribution in [2.24, 2.45) is 0 Å². The van der Waals surface area contributed by atoms with Gasteiger partial charge in [-0.05, 0) is 41.7 Å². The molecule has 1 aliphatic heterocycles. The number of hydrogen-bond donors (Lipinski definition) is 2. The Morgan fingerprint density at radius 2 is 1.49 bits per heavy atom. The number of carbonyl (C=O) groups excluding carboxylic acids is 2. The molecule has 2 aliphatic rings. The molecular weight excluding hydrogens is 490 g/mol. The van der Waals surface area contributed by atoms with Crippen LogP contribution < -0.4 is 10.6 Å². The number of carbonyl (C=O) groups is 2. The van der Waals surface area contributed by atoms with Crippen molar-refractivity contribution < 1.29 is 14.5 Å². The zero-order valence-electron chi connectivity index (χ0n) is 21.0. The Bertz CT molecular complexity index is 1630. The monoisotopic (exact) mass is 515 g/mol. The number of fused-ring (bicyclic) bond motifs is 1. The summed E-state index contributed by atoms with van der Waals surface area (Å²) < 4.78 is 0. The maximum absolute atomic E-state index is 13.8. The summed E-state index contributed by atoms with van der Waals surface area (Å²) in [7, 11) is 0. The maximum Gasteiger partial charge on any atom is 0.269 e. The van der Waals surface area contributed by atoms with E-state index >= 15 is 0 Å². The van der Waals surface area contributed by atoms with Crippen LogP contribution in [0.5, 0.6) is 0 Å². The lowest BCUT2D eigenvalue weighted by Crippen LogP contribution is -2.26. The van der Waals surface area contributed by atoms with E-state index in [0.717, 1.165) is 11.3 Å². The Kier molecular flexibility index (Phi) is 6.25. The van der Waals surface area contributed by atoms with Gasteiger partial charge in [-0.25, -0.2) is 0 Å². The lowest BCUT2D eigenvalue weighted by molar-refractivity contribution is -0.384. The molecule has 7 heteroatoms. The minimum Gasteiger partial charge on any atom is -0.372 e. The highest BCUT2D eigenvalue weighted by atomic mass is 16.6. The van der Waals surface area contributed by atoms with Crippen molar-refractivity contribution in [1.29, 1.82) is 0 Å². The predicted octanol–water partition coefficient (Wildman–Crippen LogP) is 6.81. The van der Waals surface area contributed by atoms with Crippen molar-refractivity contribution in [1.82, 2.24) is 0 Å². The first-order chi connectivity index (χ1) is 19.0. The molecule has 4 aromatic rings. The molecule has 7 nitrogen and oxygen atoms in total. The van der Waals surface area contributed by atoms with Crippen LogP contribution in [0.1, 0.15) is 51.8 Å². The van der Waals surface area contributed by atoms with Crippen molar-refractivity contribution in [2.45, 2.75) is 24.8 Å². The molecule has 4 aromatic carbocycles. The summed E-state index contributed by atoms with van der Waals surface area (Å²) in [5.74, 6) is -0.128. The van der Waals surface area contributed by atoms with Crippen LogP contribution in [0.15, 0.2) is 114 Å². The minimum absolute atomic E-state index is 0.00797. The van der Waals surface area contributed by atoms with Gasteiger partial charge in [0.15, 0.2) is 11.6 Å². The molecule has 192 valence electrons. The van der Waals surface area contributed by atoms with Crippen LogP contribution in [0.4, 0.5) is 17.1 Å². The van der Waals surface area contributed by atoms with E-state index in [0.29, 0.717) is 46.5 Å². The third kappa shape index (κ3) is 4.70. The Labute approximate surface area is 225 Å². The number of allylic oxidation sites excluding steroid dienone is 1.